The van der Waals surface area contributed by atoms with Gasteiger partial charge in [0.15, 0.2) is 5.79 Å². The highest BCUT2D eigenvalue weighted by molar-refractivity contribution is 5.36. The van der Waals surface area contributed by atoms with Crippen molar-refractivity contribution in [3.63, 3.8) is 0 Å². The van der Waals surface area contributed by atoms with E-state index >= 15 is 0 Å². The summed E-state index contributed by atoms with van der Waals surface area (Å²) in [6.07, 6.45) is -2.44. The van der Waals surface area contributed by atoms with Gasteiger partial charge in [-0.2, -0.15) is 13.2 Å². The molecule has 1 aromatic rings. The van der Waals surface area contributed by atoms with E-state index in [0.29, 0.717) is 50.0 Å². The number of hydrogen-bond acceptors (Lipinski definition) is 3. The van der Waals surface area contributed by atoms with Gasteiger partial charge in [-0.1, -0.05) is 6.07 Å². The molecule has 0 aromatic heterocycles. The number of aliphatic hydroxyl groups is 1. The molecule has 1 spiro atoms. The Kier molecular flexibility index (Phi) is 3.74. The summed E-state index contributed by atoms with van der Waals surface area (Å²) in [5.41, 5.74) is -0.781. The van der Waals surface area contributed by atoms with Gasteiger partial charge in [0.05, 0.1) is 24.4 Å². The molecule has 1 saturated heterocycles. The Hall–Kier alpha value is -1.11. The Morgan fingerprint density at radius 3 is 2.14 bits per heavy atom. The largest absolute Gasteiger partial charge is 0.416 e. The molecule has 3 nitrogen and oxygen atoms in total. The number of rotatable bonds is 1. The summed E-state index contributed by atoms with van der Waals surface area (Å²) in [6, 6.07) is 3.53. The molecule has 1 N–H and O–H groups in total. The van der Waals surface area contributed by atoms with Crippen LogP contribution >= 0.6 is 0 Å². The second-order valence-corrected chi connectivity index (χ2v) is 6.17. The minimum atomic E-state index is -4.37. The van der Waals surface area contributed by atoms with Crippen LogP contribution < -0.4 is 0 Å². The van der Waals surface area contributed by atoms with E-state index in [2.05, 4.69) is 0 Å². The van der Waals surface area contributed by atoms with Crippen molar-refractivity contribution in [3.8, 4) is 0 Å². The van der Waals surface area contributed by atoms with Gasteiger partial charge < -0.3 is 14.6 Å². The molecule has 6 heteroatoms. The zero-order chi connectivity index (χ0) is 16.0. The van der Waals surface area contributed by atoms with Crippen LogP contribution in [-0.4, -0.2) is 24.1 Å². The monoisotopic (exact) mass is 316 g/mol. The van der Waals surface area contributed by atoms with Crippen molar-refractivity contribution >= 4 is 0 Å². The second kappa shape index (κ2) is 5.22. The van der Waals surface area contributed by atoms with E-state index in [1.807, 2.05) is 0 Å². The number of halogens is 3. The van der Waals surface area contributed by atoms with Crippen molar-refractivity contribution in [2.75, 3.05) is 13.2 Å². The molecule has 0 unspecified atom stereocenters. The van der Waals surface area contributed by atoms with Gasteiger partial charge in [-0.25, -0.2) is 0 Å². The van der Waals surface area contributed by atoms with Crippen LogP contribution in [0.4, 0.5) is 13.2 Å². The minimum Gasteiger partial charge on any atom is -0.385 e. The second-order valence-electron chi connectivity index (χ2n) is 6.17. The molecule has 122 valence electrons. The van der Waals surface area contributed by atoms with E-state index in [4.69, 9.17) is 9.47 Å². The minimum absolute atomic E-state index is 0.416. The molecule has 1 aromatic carbocycles. The smallest absolute Gasteiger partial charge is 0.385 e. The lowest BCUT2D eigenvalue weighted by Gasteiger charge is -2.41. The lowest BCUT2D eigenvalue weighted by Crippen LogP contribution is -2.42. The van der Waals surface area contributed by atoms with Crippen molar-refractivity contribution in [1.29, 1.82) is 0 Å². The fraction of sp³-hybridized carbons (Fsp3) is 0.625. The molecule has 2 fully saturated rings. The Labute approximate surface area is 127 Å². The van der Waals surface area contributed by atoms with Crippen LogP contribution in [0.1, 0.15) is 42.4 Å². The molecule has 22 heavy (non-hydrogen) atoms. The number of alkyl halides is 3. The first-order valence-corrected chi connectivity index (χ1v) is 7.43. The van der Waals surface area contributed by atoms with Gasteiger partial charge in [0.1, 0.15) is 0 Å². The maximum Gasteiger partial charge on any atom is 0.416 e. The highest BCUT2D eigenvalue weighted by atomic mass is 19.4. The summed E-state index contributed by atoms with van der Waals surface area (Å²) in [6.45, 7) is 2.71. The molecular weight excluding hydrogens is 297 g/mol. The molecular formula is C16H19F3O3. The Balaban J connectivity index is 1.82. The first-order chi connectivity index (χ1) is 10.2. The standard InChI is InChI=1S/C16H19F3O3/c1-11-10-12(16(17,18)19)2-3-13(11)14(20)4-6-15(7-5-14)21-8-9-22-15/h2-3,10,20H,4-9H2,1H3. The van der Waals surface area contributed by atoms with Gasteiger partial charge in [-0.15, -0.1) is 0 Å². The quantitative estimate of drug-likeness (QED) is 0.861. The van der Waals surface area contributed by atoms with Crippen LogP contribution in [0, 0.1) is 6.92 Å². The third-order valence-corrected chi connectivity index (χ3v) is 4.71. The maximum atomic E-state index is 12.7. The van der Waals surface area contributed by atoms with Crippen LogP contribution in [0.2, 0.25) is 0 Å². The van der Waals surface area contributed by atoms with E-state index in [9.17, 15) is 18.3 Å². The van der Waals surface area contributed by atoms with E-state index in [-0.39, 0.29) is 0 Å². The van der Waals surface area contributed by atoms with Gasteiger partial charge in [0.2, 0.25) is 0 Å². The van der Waals surface area contributed by atoms with Gasteiger partial charge in [0, 0.05) is 12.8 Å². The number of ether oxygens (including phenoxy) is 2. The van der Waals surface area contributed by atoms with E-state index in [1.54, 1.807) is 6.92 Å². The van der Waals surface area contributed by atoms with Gasteiger partial charge >= 0.3 is 6.18 Å². The first-order valence-electron chi connectivity index (χ1n) is 7.43. The molecule has 0 bridgehead atoms. The predicted octanol–water partition coefficient (Wildman–Crippen LogP) is 3.52. The van der Waals surface area contributed by atoms with Crippen molar-refractivity contribution in [2.24, 2.45) is 0 Å². The molecule has 0 atom stereocenters. The Bertz CT molecular complexity index is 552. The SMILES string of the molecule is Cc1cc(C(F)(F)F)ccc1C1(O)CCC2(CC1)OCCO2. The van der Waals surface area contributed by atoms with Crippen molar-refractivity contribution < 1.29 is 27.8 Å². The number of hydrogen-bond donors (Lipinski definition) is 1. The molecule has 3 rings (SSSR count). The Morgan fingerprint density at radius 1 is 1.05 bits per heavy atom. The average Bonchev–Trinajstić information content (AvgIpc) is 2.90. The highest BCUT2D eigenvalue weighted by Gasteiger charge is 2.46. The van der Waals surface area contributed by atoms with Crippen LogP contribution in [0.3, 0.4) is 0 Å². The van der Waals surface area contributed by atoms with E-state index in [1.165, 1.54) is 6.07 Å². The molecule has 1 saturated carbocycles. The zero-order valence-corrected chi connectivity index (χ0v) is 12.4. The van der Waals surface area contributed by atoms with Crippen molar-refractivity contribution in [1.82, 2.24) is 0 Å². The van der Waals surface area contributed by atoms with Crippen LogP contribution in [0.5, 0.6) is 0 Å². The van der Waals surface area contributed by atoms with E-state index in [0.717, 1.165) is 12.1 Å². The highest BCUT2D eigenvalue weighted by Crippen LogP contribution is 2.46. The molecule has 1 aliphatic carbocycles. The van der Waals surface area contributed by atoms with Crippen molar-refractivity contribution in [3.05, 3.63) is 34.9 Å². The van der Waals surface area contributed by atoms with E-state index < -0.39 is 23.1 Å². The predicted molar refractivity (Wildman–Crippen MR) is 73.2 cm³/mol. The number of aryl methyl sites for hydroxylation is 1. The third-order valence-electron chi connectivity index (χ3n) is 4.71. The van der Waals surface area contributed by atoms with Gasteiger partial charge in [-0.3, -0.25) is 0 Å². The van der Waals surface area contributed by atoms with Crippen molar-refractivity contribution in [2.45, 2.75) is 50.2 Å². The van der Waals surface area contributed by atoms with Crippen LogP contribution in [0.25, 0.3) is 0 Å². The molecule has 2 aliphatic rings. The number of benzene rings is 1. The Morgan fingerprint density at radius 2 is 1.64 bits per heavy atom. The normalized spacial score (nSPS) is 23.9. The summed E-state index contributed by atoms with van der Waals surface area (Å²) in [4.78, 5) is 0. The maximum absolute atomic E-state index is 12.7. The molecule has 0 amide bonds. The average molecular weight is 316 g/mol. The summed E-state index contributed by atoms with van der Waals surface area (Å²) >= 11 is 0. The topological polar surface area (TPSA) is 38.7 Å². The zero-order valence-electron chi connectivity index (χ0n) is 12.4. The van der Waals surface area contributed by atoms with Gasteiger partial charge in [0.25, 0.3) is 0 Å². The van der Waals surface area contributed by atoms with Gasteiger partial charge in [-0.05, 0) is 43.0 Å². The summed E-state index contributed by atoms with van der Waals surface area (Å²) in [5.74, 6) is -0.605. The molecule has 1 heterocycles. The lowest BCUT2D eigenvalue weighted by atomic mass is 9.75. The summed E-state index contributed by atoms with van der Waals surface area (Å²) in [5, 5.41) is 10.9. The first kappa shape index (κ1) is 15.8. The molecule has 0 radical (unpaired) electrons. The summed E-state index contributed by atoms with van der Waals surface area (Å²) < 4.78 is 49.5. The van der Waals surface area contributed by atoms with Crippen LogP contribution in [-0.2, 0) is 21.3 Å². The lowest BCUT2D eigenvalue weighted by molar-refractivity contribution is -0.204. The van der Waals surface area contributed by atoms with Crippen LogP contribution in [0.15, 0.2) is 18.2 Å². The fourth-order valence-electron chi connectivity index (χ4n) is 3.46. The summed E-state index contributed by atoms with van der Waals surface area (Å²) in [7, 11) is 0. The fourth-order valence-corrected chi connectivity index (χ4v) is 3.46. The third kappa shape index (κ3) is 2.75. The molecule has 1 aliphatic heterocycles.